The molecule has 0 spiro atoms. The van der Waals surface area contributed by atoms with E-state index in [0.717, 1.165) is 34.4 Å². The number of hydrazine groups is 1. The molecule has 20 heavy (non-hydrogen) atoms. The first-order chi connectivity index (χ1) is 9.81. The zero-order valence-corrected chi connectivity index (χ0v) is 13.1. The van der Waals surface area contributed by atoms with E-state index in [1.54, 1.807) is 11.3 Å². The Morgan fingerprint density at radius 3 is 3.10 bits per heavy atom. The van der Waals surface area contributed by atoms with Crippen LogP contribution in [0.25, 0.3) is 10.2 Å². The van der Waals surface area contributed by atoms with Crippen LogP contribution in [0.15, 0.2) is 11.4 Å². The maximum absolute atomic E-state index is 5.49. The van der Waals surface area contributed by atoms with Gasteiger partial charge in [-0.05, 0) is 37.0 Å². The van der Waals surface area contributed by atoms with Crippen molar-refractivity contribution in [3.8, 4) is 0 Å². The van der Waals surface area contributed by atoms with E-state index in [-0.39, 0.29) is 0 Å². The molecule has 0 aromatic carbocycles. The normalized spacial score (nSPS) is 20.1. The summed E-state index contributed by atoms with van der Waals surface area (Å²) in [5.74, 6) is 7.01. The fourth-order valence-corrected chi connectivity index (χ4v) is 4.23. The Labute approximate surface area is 126 Å². The zero-order valence-electron chi connectivity index (χ0n) is 11.5. The molecule has 1 unspecified atom stereocenters. The summed E-state index contributed by atoms with van der Waals surface area (Å²) >= 11 is 3.68. The van der Waals surface area contributed by atoms with Crippen molar-refractivity contribution in [1.82, 2.24) is 9.97 Å². The number of hydrogen-bond donors (Lipinski definition) is 2. The minimum atomic E-state index is 0.497. The Morgan fingerprint density at radius 2 is 2.30 bits per heavy atom. The van der Waals surface area contributed by atoms with Gasteiger partial charge in [0, 0.05) is 18.3 Å². The van der Waals surface area contributed by atoms with Crippen LogP contribution in [0.5, 0.6) is 0 Å². The van der Waals surface area contributed by atoms with Gasteiger partial charge in [0.15, 0.2) is 5.82 Å². The highest BCUT2D eigenvalue weighted by Gasteiger charge is 2.20. The molecule has 2 aromatic heterocycles. The molecule has 3 N–H and O–H groups in total. The maximum Gasteiger partial charge on any atom is 0.239 e. The standard InChI is InChI=1S/C13H19N5S2/c1-19-9-3-2-6-18(7-4-9)12-11-10(5-8-20-11)15-13(16-12)17-14/h5,8-9H,2-4,6-7,14H2,1H3,(H,15,16,17). The third-order valence-electron chi connectivity index (χ3n) is 3.72. The van der Waals surface area contributed by atoms with E-state index in [4.69, 9.17) is 5.84 Å². The lowest BCUT2D eigenvalue weighted by atomic mass is 10.2. The van der Waals surface area contributed by atoms with Crippen LogP contribution in [0.4, 0.5) is 11.8 Å². The van der Waals surface area contributed by atoms with E-state index in [1.807, 2.05) is 17.8 Å². The summed E-state index contributed by atoms with van der Waals surface area (Å²) in [5.41, 5.74) is 3.55. The van der Waals surface area contributed by atoms with Crippen LogP contribution in [-0.4, -0.2) is 34.6 Å². The smallest absolute Gasteiger partial charge is 0.239 e. The van der Waals surface area contributed by atoms with Crippen molar-refractivity contribution < 1.29 is 0 Å². The minimum Gasteiger partial charge on any atom is -0.355 e. The van der Waals surface area contributed by atoms with Crippen molar-refractivity contribution >= 4 is 45.1 Å². The average molecular weight is 309 g/mol. The topological polar surface area (TPSA) is 67.1 Å². The Bertz CT molecular complexity index is 585. The monoisotopic (exact) mass is 309 g/mol. The largest absolute Gasteiger partial charge is 0.355 e. The van der Waals surface area contributed by atoms with Crippen molar-refractivity contribution in [3.63, 3.8) is 0 Å². The van der Waals surface area contributed by atoms with Gasteiger partial charge in [-0.25, -0.2) is 10.8 Å². The number of hydrogen-bond acceptors (Lipinski definition) is 7. The second-order valence-electron chi connectivity index (χ2n) is 4.93. The predicted molar refractivity (Wildman–Crippen MR) is 88.6 cm³/mol. The van der Waals surface area contributed by atoms with E-state index in [0.29, 0.717) is 5.95 Å². The minimum absolute atomic E-state index is 0.497. The molecule has 0 amide bonds. The van der Waals surface area contributed by atoms with E-state index in [9.17, 15) is 0 Å². The molecule has 1 atom stereocenters. The number of nitrogens with one attached hydrogen (secondary N) is 1. The molecule has 1 aliphatic rings. The molecule has 108 valence electrons. The number of nitrogens with two attached hydrogens (primary N) is 1. The summed E-state index contributed by atoms with van der Waals surface area (Å²) in [7, 11) is 0. The van der Waals surface area contributed by atoms with E-state index in [1.165, 1.54) is 19.3 Å². The van der Waals surface area contributed by atoms with Crippen LogP contribution >= 0.6 is 23.1 Å². The third-order valence-corrected chi connectivity index (χ3v) is 5.76. The summed E-state index contributed by atoms with van der Waals surface area (Å²) in [4.78, 5) is 11.4. The molecule has 0 saturated carbocycles. The summed E-state index contributed by atoms with van der Waals surface area (Å²) in [5, 5.41) is 2.83. The van der Waals surface area contributed by atoms with Gasteiger partial charge < -0.3 is 4.90 Å². The predicted octanol–water partition coefficient (Wildman–Crippen LogP) is 2.70. The molecule has 3 rings (SSSR count). The first-order valence-corrected chi connectivity index (χ1v) is 8.98. The zero-order chi connectivity index (χ0) is 13.9. The molecule has 0 radical (unpaired) electrons. The number of rotatable bonds is 3. The summed E-state index contributed by atoms with van der Waals surface area (Å²) in [6.45, 7) is 2.12. The Hall–Kier alpha value is -1.05. The average Bonchev–Trinajstić information content (AvgIpc) is 2.82. The van der Waals surface area contributed by atoms with Crippen molar-refractivity contribution in [3.05, 3.63) is 11.4 Å². The van der Waals surface area contributed by atoms with Gasteiger partial charge >= 0.3 is 0 Å². The van der Waals surface area contributed by atoms with Crippen molar-refractivity contribution in [2.45, 2.75) is 24.5 Å². The van der Waals surface area contributed by atoms with Crippen LogP contribution in [0.2, 0.25) is 0 Å². The van der Waals surface area contributed by atoms with Gasteiger partial charge in [0.25, 0.3) is 0 Å². The number of anilines is 2. The Balaban J connectivity index is 1.94. The van der Waals surface area contributed by atoms with Crippen LogP contribution in [-0.2, 0) is 0 Å². The lowest BCUT2D eigenvalue weighted by Gasteiger charge is -2.22. The van der Waals surface area contributed by atoms with Crippen LogP contribution in [0.3, 0.4) is 0 Å². The Kier molecular flexibility index (Phi) is 4.28. The third kappa shape index (κ3) is 2.70. The first-order valence-electron chi connectivity index (χ1n) is 6.81. The number of aromatic nitrogens is 2. The van der Waals surface area contributed by atoms with Gasteiger partial charge in [-0.2, -0.15) is 16.7 Å². The van der Waals surface area contributed by atoms with E-state index >= 15 is 0 Å². The van der Waals surface area contributed by atoms with Crippen molar-refractivity contribution in [2.24, 2.45) is 5.84 Å². The van der Waals surface area contributed by atoms with E-state index < -0.39 is 0 Å². The first kappa shape index (κ1) is 13.9. The lowest BCUT2D eigenvalue weighted by molar-refractivity contribution is 0.745. The van der Waals surface area contributed by atoms with E-state index in [2.05, 4.69) is 31.9 Å². The molecule has 2 aromatic rings. The van der Waals surface area contributed by atoms with Gasteiger partial charge in [-0.1, -0.05) is 0 Å². The molecule has 1 fully saturated rings. The van der Waals surface area contributed by atoms with Gasteiger partial charge in [0.1, 0.15) is 0 Å². The molecular weight excluding hydrogens is 290 g/mol. The van der Waals surface area contributed by atoms with Crippen LogP contribution in [0.1, 0.15) is 19.3 Å². The molecule has 0 bridgehead atoms. The van der Waals surface area contributed by atoms with Crippen molar-refractivity contribution in [1.29, 1.82) is 0 Å². The second-order valence-corrected chi connectivity index (χ2v) is 6.98. The molecular formula is C13H19N5S2. The lowest BCUT2D eigenvalue weighted by Crippen LogP contribution is -2.26. The van der Waals surface area contributed by atoms with Gasteiger partial charge in [0.2, 0.25) is 5.95 Å². The van der Waals surface area contributed by atoms with Crippen LogP contribution in [0, 0.1) is 0 Å². The molecule has 0 aliphatic carbocycles. The molecule has 5 nitrogen and oxygen atoms in total. The van der Waals surface area contributed by atoms with Crippen molar-refractivity contribution in [2.75, 3.05) is 29.7 Å². The number of nitrogens with zero attached hydrogens (tertiary/aromatic N) is 3. The fourth-order valence-electron chi connectivity index (χ4n) is 2.64. The SMILES string of the molecule is CSC1CCCN(c2nc(NN)nc3ccsc23)CC1. The van der Waals surface area contributed by atoms with Crippen LogP contribution < -0.4 is 16.2 Å². The Morgan fingerprint density at radius 1 is 1.40 bits per heavy atom. The second kappa shape index (κ2) is 6.15. The van der Waals surface area contributed by atoms with Gasteiger partial charge in [0.05, 0.1) is 10.2 Å². The van der Waals surface area contributed by atoms with Gasteiger partial charge in [-0.3, -0.25) is 5.43 Å². The number of thioether (sulfide) groups is 1. The summed E-state index contributed by atoms with van der Waals surface area (Å²) in [6.07, 6.45) is 5.93. The summed E-state index contributed by atoms with van der Waals surface area (Å²) < 4.78 is 1.16. The van der Waals surface area contributed by atoms with Gasteiger partial charge in [-0.15, -0.1) is 11.3 Å². The molecule has 3 heterocycles. The fraction of sp³-hybridized carbons (Fsp3) is 0.538. The highest BCUT2D eigenvalue weighted by Crippen LogP contribution is 2.32. The maximum atomic E-state index is 5.49. The number of fused-ring (bicyclic) bond motifs is 1. The number of nitrogen functional groups attached to an aromatic ring is 1. The quantitative estimate of drug-likeness (QED) is 0.671. The molecule has 1 aliphatic heterocycles. The summed E-state index contributed by atoms with van der Waals surface area (Å²) in [6, 6.07) is 2.02. The number of thiophene rings is 1. The molecule has 7 heteroatoms. The highest BCUT2D eigenvalue weighted by molar-refractivity contribution is 7.99. The highest BCUT2D eigenvalue weighted by atomic mass is 32.2. The molecule has 1 saturated heterocycles.